The van der Waals surface area contributed by atoms with Crippen LogP contribution >= 0.6 is 0 Å². The summed E-state index contributed by atoms with van der Waals surface area (Å²) < 4.78 is 11.5. The van der Waals surface area contributed by atoms with Crippen LogP contribution < -0.4 is 0 Å². The summed E-state index contributed by atoms with van der Waals surface area (Å²) in [6.45, 7) is 3.85. The quantitative estimate of drug-likeness (QED) is 0.725. The highest BCUT2D eigenvalue weighted by atomic mass is 16.5. The maximum absolute atomic E-state index is 5.82. The van der Waals surface area contributed by atoms with Crippen molar-refractivity contribution in [3.8, 4) is 11.3 Å². The van der Waals surface area contributed by atoms with Crippen LogP contribution in [0.5, 0.6) is 0 Å². The molecule has 0 radical (unpaired) electrons. The van der Waals surface area contributed by atoms with Gasteiger partial charge >= 0.3 is 0 Å². The van der Waals surface area contributed by atoms with E-state index in [1.165, 1.54) is 34.7 Å². The first-order valence-corrected chi connectivity index (χ1v) is 9.18. The van der Waals surface area contributed by atoms with E-state index in [1.807, 2.05) is 0 Å². The van der Waals surface area contributed by atoms with Crippen molar-refractivity contribution in [2.75, 3.05) is 19.7 Å². The Labute approximate surface area is 147 Å². The fourth-order valence-corrected chi connectivity index (χ4v) is 4.14. The summed E-state index contributed by atoms with van der Waals surface area (Å²) in [6.07, 6.45) is 3.70. The monoisotopic (exact) mass is 334 g/mol. The highest BCUT2D eigenvalue weighted by molar-refractivity contribution is 5.96. The second-order valence-electron chi connectivity index (χ2n) is 7.08. The Kier molecular flexibility index (Phi) is 3.80. The van der Waals surface area contributed by atoms with E-state index in [1.54, 1.807) is 0 Å². The molecule has 2 aromatic carbocycles. The SMILES string of the molecule is c1ccc2c(-c3noc4c3CN(C[C@H]3CCCO3)CC4)cccc2c1. The molecule has 1 fully saturated rings. The minimum atomic E-state index is 0.391. The number of hydrogen-bond acceptors (Lipinski definition) is 4. The number of benzene rings is 2. The van der Waals surface area contributed by atoms with E-state index in [-0.39, 0.29) is 0 Å². The van der Waals surface area contributed by atoms with Gasteiger partial charge < -0.3 is 9.26 Å². The third-order valence-corrected chi connectivity index (χ3v) is 5.44. The molecule has 4 heteroatoms. The molecule has 0 amide bonds. The second-order valence-corrected chi connectivity index (χ2v) is 7.08. The van der Waals surface area contributed by atoms with Gasteiger partial charge in [-0.25, -0.2) is 0 Å². The Morgan fingerprint density at radius 1 is 1.12 bits per heavy atom. The fraction of sp³-hybridized carbons (Fsp3) is 0.381. The van der Waals surface area contributed by atoms with Crippen LogP contribution in [-0.4, -0.2) is 35.9 Å². The van der Waals surface area contributed by atoms with E-state index in [0.717, 1.165) is 44.1 Å². The zero-order valence-corrected chi connectivity index (χ0v) is 14.3. The molecule has 1 aromatic heterocycles. The largest absolute Gasteiger partial charge is 0.377 e. The molecule has 0 spiro atoms. The van der Waals surface area contributed by atoms with Crippen molar-refractivity contribution < 1.29 is 9.26 Å². The van der Waals surface area contributed by atoms with Gasteiger partial charge in [0.2, 0.25) is 0 Å². The Balaban J connectivity index is 1.49. The van der Waals surface area contributed by atoms with Crippen LogP contribution in [0.15, 0.2) is 47.0 Å². The molecule has 3 aromatic rings. The van der Waals surface area contributed by atoms with E-state index >= 15 is 0 Å². The Morgan fingerprint density at radius 2 is 2.04 bits per heavy atom. The fourth-order valence-electron chi connectivity index (χ4n) is 4.14. The summed E-state index contributed by atoms with van der Waals surface area (Å²) in [7, 11) is 0. The molecule has 2 aliphatic heterocycles. The van der Waals surface area contributed by atoms with Gasteiger partial charge in [-0.2, -0.15) is 0 Å². The first-order chi connectivity index (χ1) is 12.4. The number of aromatic nitrogens is 1. The average molecular weight is 334 g/mol. The van der Waals surface area contributed by atoms with Crippen molar-refractivity contribution in [2.24, 2.45) is 0 Å². The van der Waals surface area contributed by atoms with Crippen molar-refractivity contribution in [1.82, 2.24) is 10.1 Å². The molecule has 0 saturated carbocycles. The predicted molar refractivity (Wildman–Crippen MR) is 97.4 cm³/mol. The predicted octanol–water partition coefficient (Wildman–Crippen LogP) is 4.03. The summed E-state index contributed by atoms with van der Waals surface area (Å²) in [6, 6.07) is 14.9. The summed E-state index contributed by atoms with van der Waals surface area (Å²) >= 11 is 0. The minimum Gasteiger partial charge on any atom is -0.377 e. The Hall–Kier alpha value is -2.17. The zero-order chi connectivity index (χ0) is 16.6. The standard InChI is InChI=1S/C21H22N2O2/c1-2-8-17-15(5-1)6-3-9-18(17)21-19-14-23(11-10-20(19)25-22-21)13-16-7-4-12-24-16/h1-3,5-6,8-9,16H,4,7,10-14H2/t16-/m1/s1. The van der Waals surface area contributed by atoms with Crippen LogP contribution in [0, 0.1) is 0 Å². The first-order valence-electron chi connectivity index (χ1n) is 9.18. The van der Waals surface area contributed by atoms with Gasteiger partial charge in [-0.05, 0) is 23.6 Å². The normalized spacial score (nSPS) is 20.9. The second kappa shape index (κ2) is 6.28. The van der Waals surface area contributed by atoms with Crippen molar-refractivity contribution in [2.45, 2.75) is 31.9 Å². The van der Waals surface area contributed by atoms with E-state index in [2.05, 4.69) is 52.5 Å². The van der Waals surface area contributed by atoms with Crippen molar-refractivity contribution in [3.63, 3.8) is 0 Å². The molecular weight excluding hydrogens is 312 g/mol. The van der Waals surface area contributed by atoms with Crippen molar-refractivity contribution in [1.29, 1.82) is 0 Å². The molecule has 25 heavy (non-hydrogen) atoms. The van der Waals surface area contributed by atoms with Gasteiger partial charge in [0.1, 0.15) is 11.5 Å². The van der Waals surface area contributed by atoms with Crippen LogP contribution in [0.2, 0.25) is 0 Å². The molecule has 0 unspecified atom stereocenters. The van der Waals surface area contributed by atoms with Crippen molar-refractivity contribution >= 4 is 10.8 Å². The molecule has 5 rings (SSSR count). The number of hydrogen-bond donors (Lipinski definition) is 0. The number of rotatable bonds is 3. The molecule has 1 saturated heterocycles. The van der Waals surface area contributed by atoms with Crippen molar-refractivity contribution in [3.05, 3.63) is 53.8 Å². The number of fused-ring (bicyclic) bond motifs is 2. The smallest absolute Gasteiger partial charge is 0.143 e. The van der Waals surface area contributed by atoms with E-state index < -0.39 is 0 Å². The molecule has 0 N–H and O–H groups in total. The van der Waals surface area contributed by atoms with Gasteiger partial charge in [-0.1, -0.05) is 47.6 Å². The number of ether oxygens (including phenoxy) is 1. The molecule has 0 aliphatic carbocycles. The summed E-state index contributed by atoms with van der Waals surface area (Å²) in [5.74, 6) is 1.05. The lowest BCUT2D eigenvalue weighted by Crippen LogP contribution is -2.36. The lowest BCUT2D eigenvalue weighted by molar-refractivity contribution is 0.0676. The van der Waals surface area contributed by atoms with E-state index in [9.17, 15) is 0 Å². The van der Waals surface area contributed by atoms with Crippen LogP contribution in [-0.2, 0) is 17.7 Å². The topological polar surface area (TPSA) is 38.5 Å². The molecular formula is C21H22N2O2. The van der Waals surface area contributed by atoms with Gasteiger partial charge in [0, 0.05) is 43.8 Å². The Morgan fingerprint density at radius 3 is 2.96 bits per heavy atom. The molecule has 2 aliphatic rings. The molecule has 1 atom stereocenters. The maximum atomic E-state index is 5.82. The van der Waals surface area contributed by atoms with E-state index in [0.29, 0.717) is 6.10 Å². The zero-order valence-electron chi connectivity index (χ0n) is 14.3. The van der Waals surface area contributed by atoms with E-state index in [4.69, 9.17) is 9.26 Å². The third-order valence-electron chi connectivity index (χ3n) is 5.44. The lowest BCUT2D eigenvalue weighted by atomic mass is 9.97. The third kappa shape index (κ3) is 2.75. The first kappa shape index (κ1) is 15.1. The average Bonchev–Trinajstić information content (AvgIpc) is 3.31. The van der Waals surface area contributed by atoms with Gasteiger partial charge in [-0.3, -0.25) is 4.90 Å². The van der Waals surface area contributed by atoms with Crippen LogP contribution in [0.4, 0.5) is 0 Å². The Bertz CT molecular complexity index is 891. The van der Waals surface area contributed by atoms with Crippen LogP contribution in [0.25, 0.3) is 22.0 Å². The summed E-state index contributed by atoms with van der Waals surface area (Å²) in [5, 5.41) is 6.92. The summed E-state index contributed by atoms with van der Waals surface area (Å²) in [4.78, 5) is 2.49. The molecule has 0 bridgehead atoms. The highest BCUT2D eigenvalue weighted by Crippen LogP contribution is 2.34. The van der Waals surface area contributed by atoms with Gasteiger partial charge in [0.25, 0.3) is 0 Å². The molecule has 3 heterocycles. The lowest BCUT2D eigenvalue weighted by Gasteiger charge is -2.28. The van der Waals surface area contributed by atoms with Crippen LogP contribution in [0.3, 0.4) is 0 Å². The highest BCUT2D eigenvalue weighted by Gasteiger charge is 2.28. The van der Waals surface area contributed by atoms with Gasteiger partial charge in [0.05, 0.1) is 6.10 Å². The molecule has 4 nitrogen and oxygen atoms in total. The molecule has 128 valence electrons. The van der Waals surface area contributed by atoms with Gasteiger partial charge in [0.15, 0.2) is 0 Å². The maximum Gasteiger partial charge on any atom is 0.143 e. The summed E-state index contributed by atoms with van der Waals surface area (Å²) in [5.41, 5.74) is 3.42. The van der Waals surface area contributed by atoms with Gasteiger partial charge in [-0.15, -0.1) is 0 Å². The number of nitrogens with zero attached hydrogens (tertiary/aromatic N) is 2. The van der Waals surface area contributed by atoms with Crippen LogP contribution in [0.1, 0.15) is 24.2 Å². The minimum absolute atomic E-state index is 0.391.